The third-order valence-corrected chi connectivity index (χ3v) is 4.23. The Kier molecular flexibility index (Phi) is 5.36. The van der Waals surface area contributed by atoms with Gasteiger partial charge in [-0.15, -0.1) is 0 Å². The van der Waals surface area contributed by atoms with Gasteiger partial charge in [0.2, 0.25) is 11.7 Å². The van der Waals surface area contributed by atoms with Gasteiger partial charge >= 0.3 is 5.97 Å². The molecule has 1 aromatic carbocycles. The molecule has 1 amide bonds. The van der Waals surface area contributed by atoms with Crippen molar-refractivity contribution in [2.45, 2.75) is 13.0 Å². The fourth-order valence-corrected chi connectivity index (χ4v) is 2.88. The number of amides is 1. The topological polar surface area (TPSA) is 86.0 Å². The number of carbonyl (C=O) groups excluding carboxylic acids is 3. The van der Waals surface area contributed by atoms with Crippen molar-refractivity contribution in [2.24, 2.45) is 5.92 Å². The number of Topliss-reactive ketones (excluding diaryl/α,β-unsaturated/α-hetero) is 1. The Labute approximate surface area is 150 Å². The minimum Gasteiger partial charge on any atom is -0.496 e. The third kappa shape index (κ3) is 3.93. The number of methoxy groups -OCH3 is 1. The zero-order valence-corrected chi connectivity index (χ0v) is 14.3. The van der Waals surface area contributed by atoms with Crippen LogP contribution in [0, 0.1) is 5.92 Å². The molecule has 0 aliphatic carbocycles. The first-order valence-electron chi connectivity index (χ1n) is 8.21. The first kappa shape index (κ1) is 17.7. The molecule has 1 aliphatic rings. The Morgan fingerprint density at radius 1 is 1.23 bits per heavy atom. The van der Waals surface area contributed by atoms with E-state index in [0.29, 0.717) is 23.6 Å². The average Bonchev–Trinajstić information content (AvgIpc) is 3.30. The van der Waals surface area contributed by atoms with Crippen molar-refractivity contribution >= 4 is 17.7 Å². The largest absolute Gasteiger partial charge is 0.496 e. The first-order valence-corrected chi connectivity index (χ1v) is 8.21. The zero-order chi connectivity index (χ0) is 18.5. The van der Waals surface area contributed by atoms with Gasteiger partial charge in [0.1, 0.15) is 11.5 Å². The van der Waals surface area contributed by atoms with E-state index in [4.69, 9.17) is 13.9 Å². The second-order valence-corrected chi connectivity index (χ2v) is 5.99. The number of ketones is 1. The van der Waals surface area contributed by atoms with Crippen LogP contribution >= 0.6 is 0 Å². The van der Waals surface area contributed by atoms with Gasteiger partial charge in [-0.25, -0.2) is 0 Å². The Morgan fingerprint density at radius 2 is 2.04 bits per heavy atom. The number of esters is 1. The highest BCUT2D eigenvalue weighted by Crippen LogP contribution is 2.22. The molecule has 1 atom stereocenters. The molecule has 7 heteroatoms. The number of furan rings is 1. The second-order valence-electron chi connectivity index (χ2n) is 5.99. The molecule has 0 bridgehead atoms. The summed E-state index contributed by atoms with van der Waals surface area (Å²) in [7, 11) is 1.47. The van der Waals surface area contributed by atoms with Crippen molar-refractivity contribution in [1.29, 1.82) is 0 Å². The summed E-state index contributed by atoms with van der Waals surface area (Å²) in [5.74, 6) is -0.550. The molecule has 1 saturated heterocycles. The van der Waals surface area contributed by atoms with Crippen LogP contribution in [0.4, 0.5) is 0 Å². The smallest absolute Gasteiger partial charge is 0.311 e. The molecule has 136 valence electrons. The minimum absolute atomic E-state index is 0.0718. The number of para-hydroxylation sites is 1. The van der Waals surface area contributed by atoms with Gasteiger partial charge in [0.25, 0.3) is 0 Å². The number of nitrogens with zero attached hydrogens (tertiary/aromatic N) is 1. The van der Waals surface area contributed by atoms with E-state index in [-0.39, 0.29) is 31.3 Å². The van der Waals surface area contributed by atoms with Crippen LogP contribution < -0.4 is 4.74 Å². The fourth-order valence-electron chi connectivity index (χ4n) is 2.88. The third-order valence-electron chi connectivity index (χ3n) is 4.23. The van der Waals surface area contributed by atoms with Crippen molar-refractivity contribution in [1.82, 2.24) is 4.90 Å². The molecular weight excluding hydrogens is 338 g/mol. The van der Waals surface area contributed by atoms with E-state index in [0.717, 1.165) is 0 Å². The maximum atomic E-state index is 12.2. The summed E-state index contributed by atoms with van der Waals surface area (Å²) in [5, 5.41) is 0. The molecule has 1 fully saturated rings. The Balaban J connectivity index is 1.54. The number of likely N-dealkylation sites (tertiary alicyclic amines) is 1. The highest BCUT2D eigenvalue weighted by Gasteiger charge is 2.36. The molecule has 0 unspecified atom stereocenters. The Morgan fingerprint density at radius 3 is 2.77 bits per heavy atom. The SMILES string of the molecule is COc1ccccc1C(=O)COC(=O)[C@@H]1CC(=O)N(Cc2ccco2)C1. The van der Waals surface area contributed by atoms with E-state index in [1.54, 1.807) is 41.3 Å². The maximum absolute atomic E-state index is 12.2. The lowest BCUT2D eigenvalue weighted by Gasteiger charge is -2.14. The van der Waals surface area contributed by atoms with Crippen molar-refractivity contribution < 1.29 is 28.3 Å². The van der Waals surface area contributed by atoms with E-state index < -0.39 is 11.9 Å². The molecule has 7 nitrogen and oxygen atoms in total. The van der Waals surface area contributed by atoms with E-state index in [9.17, 15) is 14.4 Å². The summed E-state index contributed by atoms with van der Waals surface area (Å²) in [6.45, 7) is 0.180. The highest BCUT2D eigenvalue weighted by atomic mass is 16.5. The molecular formula is C19H19NO6. The lowest BCUT2D eigenvalue weighted by atomic mass is 10.1. The number of hydrogen-bond donors (Lipinski definition) is 0. The average molecular weight is 357 g/mol. The summed E-state index contributed by atoms with van der Waals surface area (Å²) in [4.78, 5) is 38.1. The standard InChI is InChI=1S/C19H19NO6/c1-24-17-7-3-2-6-15(17)16(21)12-26-19(23)13-9-18(22)20(10-13)11-14-5-4-8-25-14/h2-8,13H,9-12H2,1H3/t13-/m1/s1. The predicted octanol–water partition coefficient (Wildman–Crippen LogP) is 2.06. The molecule has 0 spiro atoms. The van der Waals surface area contributed by atoms with Crippen molar-refractivity contribution in [3.8, 4) is 5.75 Å². The number of ether oxygens (including phenoxy) is 2. The van der Waals surface area contributed by atoms with Gasteiger partial charge in [-0.1, -0.05) is 12.1 Å². The molecule has 0 N–H and O–H groups in total. The van der Waals surface area contributed by atoms with Crippen LogP contribution in [0.5, 0.6) is 5.75 Å². The van der Waals surface area contributed by atoms with Crippen LogP contribution in [-0.4, -0.2) is 42.8 Å². The quantitative estimate of drug-likeness (QED) is 0.557. The summed E-state index contributed by atoms with van der Waals surface area (Å²) in [6.07, 6.45) is 1.60. The minimum atomic E-state index is -0.581. The van der Waals surface area contributed by atoms with Crippen LogP contribution in [0.3, 0.4) is 0 Å². The maximum Gasteiger partial charge on any atom is 0.311 e. The Bertz CT molecular complexity index is 798. The summed E-state index contributed by atoms with van der Waals surface area (Å²) in [6, 6.07) is 10.2. The van der Waals surface area contributed by atoms with Crippen LogP contribution in [0.2, 0.25) is 0 Å². The molecule has 0 radical (unpaired) electrons. The fraction of sp³-hybridized carbons (Fsp3) is 0.316. The van der Waals surface area contributed by atoms with E-state index in [1.807, 2.05) is 0 Å². The summed E-state index contributed by atoms with van der Waals surface area (Å²) < 4.78 is 15.5. The zero-order valence-electron chi connectivity index (χ0n) is 14.3. The highest BCUT2D eigenvalue weighted by molar-refractivity contribution is 6.00. The second kappa shape index (κ2) is 7.86. The number of rotatable bonds is 7. The molecule has 1 aromatic heterocycles. The number of benzene rings is 1. The van der Waals surface area contributed by atoms with Gasteiger partial charge in [-0.3, -0.25) is 14.4 Å². The van der Waals surface area contributed by atoms with Crippen molar-refractivity contribution in [3.05, 3.63) is 54.0 Å². The van der Waals surface area contributed by atoms with Crippen molar-refractivity contribution in [2.75, 3.05) is 20.3 Å². The molecule has 0 saturated carbocycles. The van der Waals surface area contributed by atoms with Crippen molar-refractivity contribution in [3.63, 3.8) is 0 Å². The van der Waals surface area contributed by atoms with Crippen LogP contribution in [-0.2, 0) is 20.9 Å². The van der Waals surface area contributed by atoms with Gasteiger partial charge in [0, 0.05) is 13.0 Å². The van der Waals surface area contributed by atoms with Gasteiger partial charge in [0.15, 0.2) is 6.61 Å². The molecule has 1 aliphatic heterocycles. The van der Waals surface area contributed by atoms with E-state index in [2.05, 4.69) is 0 Å². The van der Waals surface area contributed by atoms with Crippen LogP contribution in [0.1, 0.15) is 22.5 Å². The van der Waals surface area contributed by atoms with E-state index >= 15 is 0 Å². The van der Waals surface area contributed by atoms with Gasteiger partial charge < -0.3 is 18.8 Å². The lowest BCUT2D eigenvalue weighted by Crippen LogP contribution is -2.27. The summed E-state index contributed by atoms with van der Waals surface area (Å²) in [5.41, 5.74) is 0.352. The predicted molar refractivity (Wildman–Crippen MR) is 90.5 cm³/mol. The van der Waals surface area contributed by atoms with E-state index in [1.165, 1.54) is 13.4 Å². The summed E-state index contributed by atoms with van der Waals surface area (Å²) >= 11 is 0. The molecule has 2 heterocycles. The first-order chi connectivity index (χ1) is 12.6. The van der Waals surface area contributed by atoms with Gasteiger partial charge in [-0.05, 0) is 24.3 Å². The monoisotopic (exact) mass is 357 g/mol. The van der Waals surface area contributed by atoms with Gasteiger partial charge in [-0.2, -0.15) is 0 Å². The molecule has 3 rings (SSSR count). The Hall–Kier alpha value is -3.09. The number of carbonyl (C=O) groups is 3. The molecule has 26 heavy (non-hydrogen) atoms. The number of hydrogen-bond acceptors (Lipinski definition) is 6. The van der Waals surface area contributed by atoms with Gasteiger partial charge in [0.05, 0.1) is 31.4 Å². The van der Waals surface area contributed by atoms with Crippen LogP contribution in [0.15, 0.2) is 47.1 Å². The lowest BCUT2D eigenvalue weighted by molar-refractivity contribution is -0.147. The van der Waals surface area contributed by atoms with Crippen LogP contribution in [0.25, 0.3) is 0 Å². The molecule has 2 aromatic rings. The normalized spacial score (nSPS) is 16.6.